The van der Waals surface area contributed by atoms with Crippen LogP contribution in [-0.2, 0) is 4.74 Å². The van der Waals surface area contributed by atoms with Gasteiger partial charge in [0.15, 0.2) is 0 Å². The SMILES string of the molecule is N#Cc1ccc(C2CC3(CCN2)CO3)cc1. The van der Waals surface area contributed by atoms with Crippen molar-refractivity contribution in [3.05, 3.63) is 35.4 Å². The number of piperidine rings is 1. The normalized spacial score (nSPS) is 32.3. The lowest BCUT2D eigenvalue weighted by molar-refractivity contribution is 0.213. The third-order valence-electron chi connectivity index (χ3n) is 3.54. The number of hydrogen-bond acceptors (Lipinski definition) is 3. The minimum absolute atomic E-state index is 0.170. The number of nitrogens with zero attached hydrogens (tertiary/aromatic N) is 1. The van der Waals surface area contributed by atoms with Crippen LogP contribution in [0.25, 0.3) is 0 Å². The molecule has 1 aromatic carbocycles. The topological polar surface area (TPSA) is 48.4 Å². The Hall–Kier alpha value is -1.37. The van der Waals surface area contributed by atoms with Gasteiger partial charge in [-0.2, -0.15) is 5.26 Å². The van der Waals surface area contributed by atoms with Crippen molar-refractivity contribution in [2.24, 2.45) is 0 Å². The number of benzene rings is 1. The lowest BCUT2D eigenvalue weighted by Gasteiger charge is -2.28. The summed E-state index contributed by atoms with van der Waals surface area (Å²) in [4.78, 5) is 0. The molecule has 0 amide bonds. The summed E-state index contributed by atoms with van der Waals surface area (Å²) in [6.07, 6.45) is 2.18. The first-order valence-electron chi connectivity index (χ1n) is 5.69. The van der Waals surface area contributed by atoms with Gasteiger partial charge in [-0.05, 0) is 37.1 Å². The van der Waals surface area contributed by atoms with E-state index in [0.29, 0.717) is 6.04 Å². The third kappa shape index (κ3) is 1.71. The number of rotatable bonds is 1. The van der Waals surface area contributed by atoms with Crippen molar-refractivity contribution in [1.82, 2.24) is 5.32 Å². The fraction of sp³-hybridized carbons (Fsp3) is 0.462. The summed E-state index contributed by atoms with van der Waals surface area (Å²) >= 11 is 0. The molecular formula is C13H14N2O. The Labute approximate surface area is 95.0 Å². The largest absolute Gasteiger partial charge is 0.369 e. The van der Waals surface area contributed by atoms with Crippen LogP contribution in [0, 0.1) is 11.3 Å². The molecule has 3 heteroatoms. The number of nitrogens with one attached hydrogen (secondary N) is 1. The van der Waals surface area contributed by atoms with Crippen LogP contribution < -0.4 is 5.32 Å². The molecule has 2 atom stereocenters. The van der Waals surface area contributed by atoms with Crippen molar-refractivity contribution >= 4 is 0 Å². The van der Waals surface area contributed by atoms with E-state index < -0.39 is 0 Å². The van der Waals surface area contributed by atoms with Gasteiger partial charge >= 0.3 is 0 Å². The molecule has 0 bridgehead atoms. The zero-order valence-corrected chi connectivity index (χ0v) is 9.07. The van der Waals surface area contributed by atoms with E-state index in [0.717, 1.165) is 31.6 Å². The molecule has 1 N–H and O–H groups in total. The van der Waals surface area contributed by atoms with Gasteiger partial charge in [-0.15, -0.1) is 0 Å². The average Bonchev–Trinajstić information content (AvgIpc) is 3.09. The van der Waals surface area contributed by atoms with Gasteiger partial charge in [0.1, 0.15) is 0 Å². The van der Waals surface area contributed by atoms with Crippen molar-refractivity contribution in [1.29, 1.82) is 5.26 Å². The standard InChI is InChI=1S/C13H14N2O/c14-8-10-1-3-11(4-2-10)12-7-13(9-16-13)5-6-15-12/h1-4,12,15H,5-7,9H2. The van der Waals surface area contributed by atoms with E-state index in [-0.39, 0.29) is 5.60 Å². The van der Waals surface area contributed by atoms with Gasteiger partial charge in [0.2, 0.25) is 0 Å². The van der Waals surface area contributed by atoms with Crippen LogP contribution in [0.5, 0.6) is 0 Å². The molecular weight excluding hydrogens is 200 g/mol. The number of nitriles is 1. The summed E-state index contributed by atoms with van der Waals surface area (Å²) in [6.45, 7) is 1.94. The van der Waals surface area contributed by atoms with E-state index >= 15 is 0 Å². The highest BCUT2D eigenvalue weighted by molar-refractivity contribution is 5.33. The Morgan fingerprint density at radius 3 is 2.75 bits per heavy atom. The molecule has 2 fully saturated rings. The van der Waals surface area contributed by atoms with Crippen molar-refractivity contribution in [3.63, 3.8) is 0 Å². The second-order valence-electron chi connectivity index (χ2n) is 4.67. The monoisotopic (exact) mass is 214 g/mol. The zero-order valence-electron chi connectivity index (χ0n) is 9.07. The van der Waals surface area contributed by atoms with Gasteiger partial charge in [-0.3, -0.25) is 0 Å². The second kappa shape index (κ2) is 3.58. The molecule has 2 aliphatic rings. The van der Waals surface area contributed by atoms with Crippen LogP contribution in [-0.4, -0.2) is 18.8 Å². The predicted molar refractivity (Wildman–Crippen MR) is 59.8 cm³/mol. The summed E-state index contributed by atoms with van der Waals surface area (Å²) in [5.41, 5.74) is 2.15. The Balaban J connectivity index is 1.78. The highest BCUT2D eigenvalue weighted by atomic mass is 16.6. The number of ether oxygens (including phenoxy) is 1. The molecule has 2 unspecified atom stereocenters. The molecule has 1 aromatic rings. The van der Waals surface area contributed by atoms with Crippen molar-refractivity contribution in [2.45, 2.75) is 24.5 Å². The molecule has 0 radical (unpaired) electrons. The van der Waals surface area contributed by atoms with Crippen molar-refractivity contribution in [3.8, 4) is 6.07 Å². The summed E-state index contributed by atoms with van der Waals surface area (Å²) in [6, 6.07) is 10.4. The van der Waals surface area contributed by atoms with Crippen LogP contribution in [0.3, 0.4) is 0 Å². The highest BCUT2D eigenvalue weighted by Gasteiger charge is 2.48. The molecule has 2 saturated heterocycles. The van der Waals surface area contributed by atoms with Crippen LogP contribution in [0.2, 0.25) is 0 Å². The minimum atomic E-state index is 0.170. The minimum Gasteiger partial charge on any atom is -0.369 e. The molecule has 3 nitrogen and oxygen atoms in total. The first-order chi connectivity index (χ1) is 7.81. The smallest absolute Gasteiger partial charge is 0.0991 e. The van der Waals surface area contributed by atoms with E-state index in [2.05, 4.69) is 11.4 Å². The van der Waals surface area contributed by atoms with Gasteiger partial charge in [-0.25, -0.2) is 0 Å². The molecule has 2 heterocycles. The van der Waals surface area contributed by atoms with Crippen LogP contribution in [0.4, 0.5) is 0 Å². The lowest BCUT2D eigenvalue weighted by Crippen LogP contribution is -2.36. The van der Waals surface area contributed by atoms with E-state index in [9.17, 15) is 0 Å². The summed E-state index contributed by atoms with van der Waals surface area (Å²) in [5.74, 6) is 0. The second-order valence-corrected chi connectivity index (χ2v) is 4.67. The van der Waals surface area contributed by atoms with E-state index in [1.54, 1.807) is 0 Å². The van der Waals surface area contributed by atoms with Gasteiger partial charge in [0.25, 0.3) is 0 Å². The molecule has 1 spiro atoms. The summed E-state index contributed by atoms with van der Waals surface area (Å²) in [7, 11) is 0. The van der Waals surface area contributed by atoms with Crippen LogP contribution >= 0.6 is 0 Å². The first kappa shape index (κ1) is 9.83. The van der Waals surface area contributed by atoms with Crippen molar-refractivity contribution < 1.29 is 4.74 Å². The molecule has 0 aromatic heterocycles. The molecule has 0 aliphatic carbocycles. The lowest BCUT2D eigenvalue weighted by atomic mass is 9.89. The molecule has 2 aliphatic heterocycles. The fourth-order valence-electron chi connectivity index (χ4n) is 2.41. The van der Waals surface area contributed by atoms with E-state index in [1.807, 2.05) is 24.3 Å². The molecule has 82 valence electrons. The third-order valence-corrected chi connectivity index (χ3v) is 3.54. The highest BCUT2D eigenvalue weighted by Crippen LogP contribution is 2.41. The molecule has 0 saturated carbocycles. The van der Waals surface area contributed by atoms with Gasteiger partial charge in [0.05, 0.1) is 23.8 Å². The summed E-state index contributed by atoms with van der Waals surface area (Å²) in [5, 5.41) is 12.3. The zero-order chi connectivity index (χ0) is 11.0. The van der Waals surface area contributed by atoms with Gasteiger partial charge < -0.3 is 10.1 Å². The predicted octanol–water partition coefficient (Wildman–Crippen LogP) is 1.75. The van der Waals surface area contributed by atoms with Crippen LogP contribution in [0.1, 0.15) is 30.0 Å². The maximum absolute atomic E-state index is 8.75. The van der Waals surface area contributed by atoms with Gasteiger partial charge in [-0.1, -0.05) is 12.1 Å². The molecule has 3 rings (SSSR count). The average molecular weight is 214 g/mol. The maximum Gasteiger partial charge on any atom is 0.0991 e. The Morgan fingerprint density at radius 2 is 2.12 bits per heavy atom. The number of epoxide rings is 1. The van der Waals surface area contributed by atoms with Gasteiger partial charge in [0, 0.05) is 6.04 Å². The van der Waals surface area contributed by atoms with Crippen molar-refractivity contribution in [2.75, 3.05) is 13.2 Å². The fourth-order valence-corrected chi connectivity index (χ4v) is 2.41. The first-order valence-corrected chi connectivity index (χ1v) is 5.69. The summed E-state index contributed by atoms with van der Waals surface area (Å²) < 4.78 is 5.54. The Bertz CT molecular complexity index is 428. The van der Waals surface area contributed by atoms with E-state index in [1.165, 1.54) is 5.56 Å². The Morgan fingerprint density at radius 1 is 1.38 bits per heavy atom. The van der Waals surface area contributed by atoms with Crippen LogP contribution in [0.15, 0.2) is 24.3 Å². The van der Waals surface area contributed by atoms with E-state index in [4.69, 9.17) is 10.00 Å². The Kier molecular flexibility index (Phi) is 2.20. The molecule has 16 heavy (non-hydrogen) atoms. The number of hydrogen-bond donors (Lipinski definition) is 1. The maximum atomic E-state index is 8.75. The quantitative estimate of drug-likeness (QED) is 0.724.